The van der Waals surface area contributed by atoms with Crippen molar-refractivity contribution in [2.24, 2.45) is 17.8 Å². The van der Waals surface area contributed by atoms with Crippen molar-refractivity contribution in [1.82, 2.24) is 19.6 Å². The molecule has 20 amide bonds. The van der Waals surface area contributed by atoms with Gasteiger partial charge in [0.05, 0.1) is 54.3 Å². The summed E-state index contributed by atoms with van der Waals surface area (Å²) in [6.07, 6.45) is 1.75. The number of hydrogen-bond donors (Lipinski definition) is 0. The monoisotopic (exact) mass is 1980 g/mol. The minimum absolute atomic E-state index is 0.105. The number of methoxy groups -OCH3 is 1. The third kappa shape index (κ3) is 24.3. The van der Waals surface area contributed by atoms with Gasteiger partial charge in [-0.15, -0.1) is 0 Å². The molecule has 0 bridgehead atoms. The number of imide groups is 10. The Labute approximate surface area is 862 Å². The summed E-state index contributed by atoms with van der Waals surface area (Å²) < 4.78 is 5.18. The molecule has 15 aromatic rings. The first-order valence-corrected chi connectivity index (χ1v) is 48.7. The van der Waals surface area contributed by atoms with Crippen molar-refractivity contribution in [1.29, 1.82) is 0 Å². The number of amides is 20. The van der Waals surface area contributed by atoms with Crippen LogP contribution in [0.25, 0.3) is 0 Å². The molecule has 0 N–H and O–H groups in total. The Hall–Kier alpha value is -18.9. The van der Waals surface area contributed by atoms with Crippen LogP contribution in [-0.2, 0) is 93.1 Å². The quantitative estimate of drug-likeness (QED) is 0.0480. The van der Waals surface area contributed by atoms with E-state index in [9.17, 15) is 71.9 Å². The van der Waals surface area contributed by atoms with Gasteiger partial charge in [-0.05, 0) is 199 Å². The molecule has 5 aliphatic rings. The van der Waals surface area contributed by atoms with Crippen molar-refractivity contribution in [2.45, 2.75) is 77.8 Å². The van der Waals surface area contributed by atoms with E-state index in [0.29, 0.717) is 63.8 Å². The second-order valence-corrected chi connectivity index (χ2v) is 36.0. The van der Waals surface area contributed by atoms with Gasteiger partial charge in [-0.2, -0.15) is 0 Å². The highest BCUT2D eigenvalue weighted by Crippen LogP contribution is 2.38. The van der Waals surface area contributed by atoms with Crippen LogP contribution in [0.4, 0.5) is 58.1 Å². The number of para-hydroxylation sites is 4. The summed E-state index contributed by atoms with van der Waals surface area (Å²) in [5, 5.41) is 0. The number of rotatable bonds is 25. The third-order valence-electron chi connectivity index (χ3n) is 25.8. The molecule has 744 valence electrons. The van der Waals surface area contributed by atoms with Gasteiger partial charge in [0.1, 0.15) is 35.3 Å². The lowest BCUT2D eigenvalue weighted by Gasteiger charge is -2.37. The molecule has 5 fully saturated rings. The molecule has 0 spiro atoms. The molecule has 5 heterocycles. The normalized spacial score (nSPS) is 16.5. The van der Waals surface area contributed by atoms with Crippen molar-refractivity contribution in [3.63, 3.8) is 0 Å². The molecule has 15 aromatic carbocycles. The first-order chi connectivity index (χ1) is 72.4. The zero-order valence-corrected chi connectivity index (χ0v) is 82.2. The van der Waals surface area contributed by atoms with Crippen LogP contribution in [0.2, 0.25) is 0 Å². The van der Waals surface area contributed by atoms with Crippen molar-refractivity contribution >= 4 is 123 Å². The number of urea groups is 5. The number of barbiturate groups is 5. The molecule has 26 nitrogen and oxygen atoms in total. The standard InChI is InChI=1S/C25H22N2O4.2C25H22N2O3.2C24H20N2O3/c1-31-21-14-12-18(13-15-21)16-22-23(28)26(17-19-8-4-2-5-9-19)25(30)27(24(22)29)20-10-6-3-7-11-20;1-17-8-6-12-20(14-17)26-23(28)22(16-19-10-4-3-5-11-19)24(29)27(25(26)30)21-13-7-9-18(2)15-21;28-23-22(18-20-12-6-2-7-13-20)24(29)27(21-14-8-3-9-15-21)25(30)26(23)17-16-19-10-4-1-5-11-19;1-17-12-14-18(15-13-17)16-25-22(27)21(19-8-4-2-5-9-19)23(28)26(24(25)29)20-10-6-3-7-11-20;27-22-21(19-12-6-2-7-13-19)23(28)26(20-14-8-3-9-15-20)24(29)25(22)17-16-18-10-4-1-5-11-18/h2-15,22H,16-17H2,1H3;3-15,22H,16H2,1-2H3;1-15,22H,16-18H2;2-15,21H,16H2,1H3;1-15,21H,16-17H2. The van der Waals surface area contributed by atoms with Gasteiger partial charge in [-0.1, -0.05) is 351 Å². The van der Waals surface area contributed by atoms with Crippen LogP contribution in [0.5, 0.6) is 5.75 Å². The summed E-state index contributed by atoms with van der Waals surface area (Å²) >= 11 is 0. The molecular weight excluding hydrogens is 1870 g/mol. The van der Waals surface area contributed by atoms with E-state index in [1.165, 1.54) is 9.80 Å². The molecule has 5 saturated heterocycles. The summed E-state index contributed by atoms with van der Waals surface area (Å²) in [4.78, 5) is 210. The van der Waals surface area contributed by atoms with Gasteiger partial charge in [0.15, 0.2) is 0 Å². The summed E-state index contributed by atoms with van der Waals surface area (Å²) in [5.41, 5.74) is 13.1. The van der Waals surface area contributed by atoms with Crippen LogP contribution < -0.4 is 34.1 Å². The van der Waals surface area contributed by atoms with Gasteiger partial charge < -0.3 is 4.74 Å². The molecule has 149 heavy (non-hydrogen) atoms. The summed E-state index contributed by atoms with van der Waals surface area (Å²) in [5.74, 6) is -9.23. The van der Waals surface area contributed by atoms with E-state index in [0.717, 1.165) is 94.8 Å². The van der Waals surface area contributed by atoms with Gasteiger partial charge in [0, 0.05) is 13.1 Å². The van der Waals surface area contributed by atoms with E-state index in [2.05, 4.69) is 0 Å². The molecule has 0 aliphatic carbocycles. The topological polar surface area (TPSA) is 298 Å². The SMILES string of the molecule is COc1ccc(CC2C(=O)N(Cc3ccccc3)C(=O)N(c3ccccc3)C2=O)cc1.Cc1ccc(CN2C(=O)C(c3ccccc3)C(=O)N(c3ccccc3)C2=O)cc1.Cc1cccc(N2C(=O)C(Cc3ccccc3)C(=O)N(c3cccc(C)c3)C2=O)c1.O=C1C(Cc2ccccc2)C(=O)N(c2ccccc2)C(=O)N1CCc1ccccc1.O=C1C(c2ccccc2)C(=O)N(c2ccccc2)C(=O)N1CCc1ccccc1. The number of aryl methyl sites for hydroxylation is 3. The molecule has 0 saturated carbocycles. The number of hydrogen-bond acceptors (Lipinski definition) is 16. The van der Waals surface area contributed by atoms with Gasteiger partial charge in [-0.3, -0.25) is 67.5 Å². The average Bonchev–Trinajstić information content (AvgIpc) is 0.754. The maximum atomic E-state index is 13.4. The van der Waals surface area contributed by atoms with Crippen LogP contribution in [0, 0.1) is 38.5 Å². The summed E-state index contributed by atoms with van der Waals surface area (Å²) in [6, 6.07) is 126. The predicted octanol–water partition coefficient (Wildman–Crippen LogP) is 21.1. The van der Waals surface area contributed by atoms with E-state index in [-0.39, 0.29) is 45.4 Å². The molecule has 20 rings (SSSR count). The number of anilines is 6. The van der Waals surface area contributed by atoms with Gasteiger partial charge >= 0.3 is 30.2 Å². The smallest absolute Gasteiger partial charge is 0.342 e. The third-order valence-corrected chi connectivity index (χ3v) is 25.8. The second kappa shape index (κ2) is 48.5. The molecule has 5 aliphatic heterocycles. The molecule has 0 aromatic heterocycles. The van der Waals surface area contributed by atoms with Crippen LogP contribution >= 0.6 is 0 Å². The lowest BCUT2D eigenvalue weighted by atomic mass is 9.93. The zero-order chi connectivity index (χ0) is 105. The Kier molecular flexibility index (Phi) is 33.5. The van der Waals surface area contributed by atoms with Gasteiger partial charge in [0.25, 0.3) is 11.8 Å². The van der Waals surface area contributed by atoms with E-state index < -0.39 is 119 Å². The summed E-state index contributed by atoms with van der Waals surface area (Å²) in [6.45, 7) is 6.42. The molecule has 26 heteroatoms. The Bertz CT molecular complexity index is 7150. The first-order valence-electron chi connectivity index (χ1n) is 48.7. The Morgan fingerprint density at radius 1 is 0.201 bits per heavy atom. The Balaban J connectivity index is 0.000000133. The highest BCUT2D eigenvalue weighted by atomic mass is 16.5. The number of carbonyl (C=O) groups is 15. The van der Waals surface area contributed by atoms with Crippen LogP contribution in [-0.4, -0.2) is 129 Å². The van der Waals surface area contributed by atoms with Gasteiger partial charge in [-0.25, -0.2) is 53.4 Å². The average molecular weight is 1980 g/mol. The predicted molar refractivity (Wildman–Crippen MR) is 568 cm³/mol. The number of ether oxygens (including phenoxy) is 1. The fourth-order valence-electron chi connectivity index (χ4n) is 18.1. The van der Waals surface area contributed by atoms with E-state index >= 15 is 0 Å². The minimum Gasteiger partial charge on any atom is -0.497 e. The number of carbonyl (C=O) groups excluding carboxylic acids is 15. The van der Waals surface area contributed by atoms with Crippen molar-refractivity contribution < 1.29 is 76.7 Å². The van der Waals surface area contributed by atoms with E-state index in [1.807, 2.05) is 257 Å². The first kappa shape index (κ1) is 103. The molecule has 4 atom stereocenters. The lowest BCUT2D eigenvalue weighted by Crippen LogP contribution is -2.61. The minimum atomic E-state index is -1.06. The van der Waals surface area contributed by atoms with Crippen LogP contribution in [0.1, 0.15) is 78.6 Å². The Morgan fingerprint density at radius 3 is 0.779 bits per heavy atom. The number of benzene rings is 15. The van der Waals surface area contributed by atoms with Crippen LogP contribution in [0.15, 0.2) is 431 Å². The lowest BCUT2D eigenvalue weighted by molar-refractivity contribution is -0.142. The molecule has 0 radical (unpaired) electrons. The van der Waals surface area contributed by atoms with Gasteiger partial charge in [0.2, 0.25) is 47.3 Å². The summed E-state index contributed by atoms with van der Waals surface area (Å²) in [7, 11) is 1.58. The molecular formula is C123H106N10O16. The van der Waals surface area contributed by atoms with E-state index in [1.54, 1.807) is 201 Å². The fourth-order valence-corrected chi connectivity index (χ4v) is 18.1. The highest BCUT2D eigenvalue weighted by molar-refractivity contribution is 6.37. The molecule has 4 unspecified atom stereocenters. The van der Waals surface area contributed by atoms with E-state index in [4.69, 9.17) is 4.74 Å². The van der Waals surface area contributed by atoms with Crippen LogP contribution in [0.3, 0.4) is 0 Å². The van der Waals surface area contributed by atoms with Crippen molar-refractivity contribution in [2.75, 3.05) is 49.6 Å². The zero-order valence-electron chi connectivity index (χ0n) is 82.2. The maximum absolute atomic E-state index is 13.4. The van der Waals surface area contributed by atoms with Crippen molar-refractivity contribution in [3.8, 4) is 5.75 Å². The second-order valence-electron chi connectivity index (χ2n) is 36.0. The number of nitrogens with zero attached hydrogens (tertiary/aromatic N) is 10. The largest absolute Gasteiger partial charge is 0.497 e. The Morgan fingerprint density at radius 2 is 0.443 bits per heavy atom. The maximum Gasteiger partial charge on any atom is 0.342 e. The van der Waals surface area contributed by atoms with Crippen molar-refractivity contribution in [3.05, 3.63) is 497 Å². The highest BCUT2D eigenvalue weighted by Gasteiger charge is 2.53. The fraction of sp³-hybridized carbons (Fsp3) is 0.146.